The summed E-state index contributed by atoms with van der Waals surface area (Å²) in [4.78, 5) is 29.7. The van der Waals surface area contributed by atoms with Crippen LogP contribution in [0.1, 0.15) is 47.2 Å². The highest BCUT2D eigenvalue weighted by molar-refractivity contribution is 6.31. The van der Waals surface area contributed by atoms with Crippen molar-refractivity contribution in [3.05, 3.63) is 86.4 Å². The molecule has 1 amide bonds. The number of halogens is 3. The zero-order valence-corrected chi connectivity index (χ0v) is 18.7. The third-order valence-corrected chi connectivity index (χ3v) is 6.01. The van der Waals surface area contributed by atoms with Crippen molar-refractivity contribution in [2.75, 3.05) is 0 Å². The molecule has 0 spiro atoms. The molecular formula is C24H22ClF2N3O3. The highest BCUT2D eigenvalue weighted by Crippen LogP contribution is 2.22. The van der Waals surface area contributed by atoms with E-state index in [-0.39, 0.29) is 35.0 Å². The summed E-state index contributed by atoms with van der Waals surface area (Å²) in [5.41, 5.74) is 1.13. The quantitative estimate of drug-likeness (QED) is 0.562. The molecule has 0 radical (unpaired) electrons. The van der Waals surface area contributed by atoms with Crippen molar-refractivity contribution in [3.63, 3.8) is 0 Å². The molecule has 9 heteroatoms. The topological polar surface area (TPSA) is 73.2 Å². The Labute approximate surface area is 194 Å². The van der Waals surface area contributed by atoms with Crippen molar-refractivity contribution in [2.45, 2.75) is 45.3 Å². The Morgan fingerprint density at radius 1 is 1.21 bits per heavy atom. The highest BCUT2D eigenvalue weighted by atomic mass is 35.5. The molecule has 1 aromatic heterocycles. The number of carbonyl (C=O) groups excluding carboxylic acids is 1. The predicted molar refractivity (Wildman–Crippen MR) is 120 cm³/mol. The normalized spacial score (nSPS) is 13.8. The van der Waals surface area contributed by atoms with E-state index in [1.54, 1.807) is 25.1 Å². The van der Waals surface area contributed by atoms with E-state index in [4.69, 9.17) is 16.3 Å². The summed E-state index contributed by atoms with van der Waals surface area (Å²) < 4.78 is 33.5. The molecule has 0 aliphatic heterocycles. The van der Waals surface area contributed by atoms with Crippen LogP contribution >= 0.6 is 11.6 Å². The van der Waals surface area contributed by atoms with Gasteiger partial charge in [-0.2, -0.15) is 0 Å². The first kappa shape index (κ1) is 22.9. The number of hydrogen-bond donors (Lipinski definition) is 1. The standard InChI is InChI=1S/C24H22ClF2N3O3/c1-14-6-7-15(22(31)29-18-4-2-3-5-18)10-20(14)30-13-28-23(21(25)24(30)32)33-12-16-8-9-17(26)11-19(16)27/h6-11,13,18H,2-5,12H2,1H3,(H,29,31). The lowest BCUT2D eigenvalue weighted by Crippen LogP contribution is -2.32. The lowest BCUT2D eigenvalue weighted by molar-refractivity contribution is 0.0938. The Bertz CT molecular complexity index is 1260. The SMILES string of the molecule is Cc1ccc(C(=O)NC2CCCC2)cc1-n1cnc(OCc2ccc(F)cc2F)c(Cl)c1=O. The van der Waals surface area contributed by atoms with Gasteiger partial charge in [0.1, 0.15) is 24.6 Å². The first-order chi connectivity index (χ1) is 15.8. The molecule has 1 heterocycles. The van der Waals surface area contributed by atoms with Gasteiger partial charge in [-0.3, -0.25) is 14.2 Å². The average Bonchev–Trinajstić information content (AvgIpc) is 3.29. The second-order valence-corrected chi connectivity index (χ2v) is 8.40. The third kappa shape index (κ3) is 5.06. The minimum absolute atomic E-state index is 0.0928. The molecule has 1 aliphatic rings. The first-order valence-corrected chi connectivity index (χ1v) is 11.0. The monoisotopic (exact) mass is 473 g/mol. The van der Waals surface area contributed by atoms with Gasteiger partial charge >= 0.3 is 0 Å². The van der Waals surface area contributed by atoms with Gasteiger partial charge in [-0.25, -0.2) is 13.8 Å². The molecule has 0 bridgehead atoms. The maximum Gasteiger partial charge on any atom is 0.280 e. The number of amides is 1. The summed E-state index contributed by atoms with van der Waals surface area (Å²) >= 11 is 6.19. The molecule has 0 saturated heterocycles. The van der Waals surface area contributed by atoms with Crippen molar-refractivity contribution in [1.82, 2.24) is 14.9 Å². The summed E-state index contributed by atoms with van der Waals surface area (Å²) in [6.07, 6.45) is 5.38. The Kier molecular flexibility index (Phi) is 6.74. The molecule has 3 aromatic rings. The molecule has 4 rings (SSSR count). The molecule has 33 heavy (non-hydrogen) atoms. The van der Waals surface area contributed by atoms with Crippen LogP contribution in [0.3, 0.4) is 0 Å². The lowest BCUT2D eigenvalue weighted by atomic mass is 10.1. The number of rotatable bonds is 6. The molecule has 0 unspecified atom stereocenters. The van der Waals surface area contributed by atoms with Crippen LogP contribution in [-0.2, 0) is 6.61 Å². The minimum Gasteiger partial charge on any atom is -0.471 e. The van der Waals surface area contributed by atoms with Crippen LogP contribution in [0, 0.1) is 18.6 Å². The van der Waals surface area contributed by atoms with Gasteiger partial charge in [0, 0.05) is 23.2 Å². The van der Waals surface area contributed by atoms with Gasteiger partial charge in [-0.05, 0) is 49.6 Å². The van der Waals surface area contributed by atoms with E-state index in [9.17, 15) is 18.4 Å². The Hall–Kier alpha value is -3.26. The van der Waals surface area contributed by atoms with E-state index >= 15 is 0 Å². The van der Waals surface area contributed by atoms with Crippen LogP contribution in [0.25, 0.3) is 5.69 Å². The zero-order valence-electron chi connectivity index (χ0n) is 17.9. The summed E-state index contributed by atoms with van der Waals surface area (Å²) in [6.45, 7) is 1.52. The molecule has 2 aromatic carbocycles. The lowest BCUT2D eigenvalue weighted by Gasteiger charge is -2.15. The second-order valence-electron chi connectivity index (χ2n) is 8.02. The van der Waals surface area contributed by atoms with Crippen LogP contribution < -0.4 is 15.6 Å². The van der Waals surface area contributed by atoms with Gasteiger partial charge in [0.05, 0.1) is 5.69 Å². The summed E-state index contributed by atoms with van der Waals surface area (Å²) in [6, 6.07) is 8.33. The average molecular weight is 474 g/mol. The number of aromatic nitrogens is 2. The van der Waals surface area contributed by atoms with E-state index in [1.807, 2.05) is 0 Å². The zero-order chi connectivity index (χ0) is 23.5. The molecule has 1 N–H and O–H groups in total. The van der Waals surface area contributed by atoms with Gasteiger partial charge in [0.2, 0.25) is 5.88 Å². The minimum atomic E-state index is -0.775. The smallest absolute Gasteiger partial charge is 0.280 e. The van der Waals surface area contributed by atoms with Crippen LogP contribution in [0.4, 0.5) is 8.78 Å². The summed E-state index contributed by atoms with van der Waals surface area (Å²) in [5, 5.41) is 2.74. The molecule has 0 atom stereocenters. The highest BCUT2D eigenvalue weighted by Gasteiger charge is 2.20. The summed E-state index contributed by atoms with van der Waals surface area (Å²) in [5.74, 6) is -1.85. The number of hydrogen-bond acceptors (Lipinski definition) is 4. The third-order valence-electron chi connectivity index (χ3n) is 5.69. The van der Waals surface area contributed by atoms with Gasteiger partial charge in [0.15, 0.2) is 5.02 Å². The Morgan fingerprint density at radius 2 is 1.97 bits per heavy atom. The number of aryl methyl sites for hydroxylation is 1. The second kappa shape index (κ2) is 9.70. The molecule has 1 aliphatic carbocycles. The molecule has 1 saturated carbocycles. The van der Waals surface area contributed by atoms with Crippen molar-refractivity contribution in [2.24, 2.45) is 0 Å². The fraction of sp³-hybridized carbons (Fsp3) is 0.292. The summed E-state index contributed by atoms with van der Waals surface area (Å²) in [7, 11) is 0. The van der Waals surface area contributed by atoms with Crippen molar-refractivity contribution >= 4 is 17.5 Å². The van der Waals surface area contributed by atoms with Crippen LogP contribution in [0.15, 0.2) is 47.5 Å². The van der Waals surface area contributed by atoms with Crippen LogP contribution in [0.5, 0.6) is 5.88 Å². The number of benzene rings is 2. The van der Waals surface area contributed by atoms with Crippen LogP contribution in [0.2, 0.25) is 5.02 Å². The molecule has 172 valence electrons. The van der Waals surface area contributed by atoms with E-state index in [2.05, 4.69) is 10.3 Å². The number of nitrogens with zero attached hydrogens (tertiary/aromatic N) is 2. The number of nitrogens with one attached hydrogen (secondary N) is 1. The van der Waals surface area contributed by atoms with Gasteiger partial charge < -0.3 is 10.1 Å². The van der Waals surface area contributed by atoms with Crippen molar-refractivity contribution < 1.29 is 18.3 Å². The van der Waals surface area contributed by atoms with Crippen molar-refractivity contribution in [3.8, 4) is 11.6 Å². The van der Waals surface area contributed by atoms with E-state index < -0.39 is 17.2 Å². The fourth-order valence-corrected chi connectivity index (χ4v) is 4.02. The predicted octanol–water partition coefficient (Wildman–Crippen LogP) is 4.72. The van der Waals surface area contributed by atoms with Gasteiger partial charge in [-0.15, -0.1) is 0 Å². The van der Waals surface area contributed by atoms with E-state index in [0.29, 0.717) is 11.3 Å². The largest absolute Gasteiger partial charge is 0.471 e. The van der Waals surface area contributed by atoms with Gasteiger partial charge in [0.25, 0.3) is 11.5 Å². The molecule has 6 nitrogen and oxygen atoms in total. The fourth-order valence-electron chi connectivity index (χ4n) is 3.82. The van der Waals surface area contributed by atoms with E-state index in [1.165, 1.54) is 17.0 Å². The van der Waals surface area contributed by atoms with E-state index in [0.717, 1.165) is 43.4 Å². The first-order valence-electron chi connectivity index (χ1n) is 10.6. The van der Waals surface area contributed by atoms with Gasteiger partial charge in [-0.1, -0.05) is 30.5 Å². The molecular weight excluding hydrogens is 452 g/mol. The van der Waals surface area contributed by atoms with Crippen LogP contribution in [-0.4, -0.2) is 21.5 Å². The molecule has 1 fully saturated rings. The number of carbonyl (C=O) groups is 1. The number of ether oxygens (including phenoxy) is 1. The van der Waals surface area contributed by atoms with Crippen molar-refractivity contribution in [1.29, 1.82) is 0 Å². The Balaban J connectivity index is 1.57. The maximum absolute atomic E-state index is 13.8. The maximum atomic E-state index is 13.8. The Morgan fingerprint density at radius 3 is 2.70 bits per heavy atom.